The van der Waals surface area contributed by atoms with E-state index >= 15 is 0 Å². The lowest BCUT2D eigenvalue weighted by Gasteiger charge is -2.16. The number of esters is 1. The Morgan fingerprint density at radius 2 is 2.14 bits per heavy atom. The van der Waals surface area contributed by atoms with Crippen molar-refractivity contribution in [3.8, 4) is 0 Å². The molecular weight excluding hydrogens is 224 g/mol. The summed E-state index contributed by atoms with van der Waals surface area (Å²) in [6.45, 7) is 3.26. The maximum atomic E-state index is 11.3. The number of thioether (sulfide) groups is 1. The van der Waals surface area contributed by atoms with Crippen LogP contribution in [0.25, 0.3) is 0 Å². The first-order valence-electron chi connectivity index (χ1n) is 4.44. The van der Waals surface area contributed by atoms with Gasteiger partial charge in [0.15, 0.2) is 9.84 Å². The summed E-state index contributed by atoms with van der Waals surface area (Å²) in [6, 6.07) is 0. The molecule has 1 rings (SSSR count). The third kappa shape index (κ3) is 3.16. The summed E-state index contributed by atoms with van der Waals surface area (Å²) in [5.41, 5.74) is 0. The molecule has 2 atom stereocenters. The minimum atomic E-state index is -3.01. The Labute approximate surface area is 88.3 Å². The molecule has 0 aliphatic carbocycles. The number of carbonyl (C=O) groups excluding carboxylic acids is 1. The fraction of sp³-hybridized carbons (Fsp3) is 0.875. The normalized spacial score (nSPS) is 30.1. The summed E-state index contributed by atoms with van der Waals surface area (Å²) in [7, 11) is -3.01. The molecule has 1 aliphatic rings. The summed E-state index contributed by atoms with van der Waals surface area (Å²) >= 11 is 1.53. The Morgan fingerprint density at radius 3 is 2.64 bits per heavy atom. The van der Waals surface area contributed by atoms with Crippen molar-refractivity contribution in [1.29, 1.82) is 0 Å². The van der Waals surface area contributed by atoms with E-state index in [1.165, 1.54) is 18.7 Å². The minimum Gasteiger partial charge on any atom is -0.460 e. The molecule has 0 bridgehead atoms. The predicted molar refractivity (Wildman–Crippen MR) is 56.1 cm³/mol. The van der Waals surface area contributed by atoms with Gasteiger partial charge in [0.2, 0.25) is 0 Å². The summed E-state index contributed by atoms with van der Waals surface area (Å²) in [5.74, 6) is 0.528. The van der Waals surface area contributed by atoms with Gasteiger partial charge in [-0.2, -0.15) is 11.8 Å². The molecule has 4 nitrogen and oxygen atoms in total. The third-order valence-corrected chi connectivity index (χ3v) is 5.10. The molecule has 0 aromatic heterocycles. The van der Waals surface area contributed by atoms with E-state index in [1.807, 2.05) is 6.92 Å². The first kappa shape index (κ1) is 11.8. The second-order valence-electron chi connectivity index (χ2n) is 3.22. The van der Waals surface area contributed by atoms with Crippen molar-refractivity contribution in [2.45, 2.75) is 25.2 Å². The molecule has 0 spiro atoms. The van der Waals surface area contributed by atoms with Gasteiger partial charge in [0.25, 0.3) is 0 Å². The number of sulfone groups is 1. The van der Waals surface area contributed by atoms with Crippen molar-refractivity contribution < 1.29 is 17.9 Å². The molecule has 0 radical (unpaired) electrons. The average molecular weight is 238 g/mol. The topological polar surface area (TPSA) is 60.4 Å². The summed E-state index contributed by atoms with van der Waals surface area (Å²) in [6.07, 6.45) is -0.456. The number of hydrogen-bond donors (Lipinski definition) is 0. The van der Waals surface area contributed by atoms with Crippen molar-refractivity contribution in [2.75, 3.05) is 17.3 Å². The van der Waals surface area contributed by atoms with E-state index in [1.54, 1.807) is 0 Å². The monoisotopic (exact) mass is 238 g/mol. The van der Waals surface area contributed by atoms with E-state index in [9.17, 15) is 13.2 Å². The molecule has 14 heavy (non-hydrogen) atoms. The van der Waals surface area contributed by atoms with E-state index in [2.05, 4.69) is 0 Å². The molecule has 0 aromatic carbocycles. The molecule has 82 valence electrons. The Kier molecular flexibility index (Phi) is 3.83. The van der Waals surface area contributed by atoms with Crippen LogP contribution in [0.15, 0.2) is 0 Å². The van der Waals surface area contributed by atoms with Crippen LogP contribution in [0.3, 0.4) is 0 Å². The highest BCUT2D eigenvalue weighted by molar-refractivity contribution is 8.01. The molecule has 0 N–H and O–H groups in total. The van der Waals surface area contributed by atoms with Gasteiger partial charge in [-0.05, 0) is 5.75 Å². The van der Waals surface area contributed by atoms with E-state index in [-0.39, 0.29) is 16.8 Å². The van der Waals surface area contributed by atoms with Gasteiger partial charge in [-0.1, -0.05) is 6.92 Å². The molecule has 6 heteroatoms. The first-order valence-corrected chi connectivity index (χ1v) is 7.31. The SMILES string of the molecule is CCS[C@@H]1CS(=O)(=O)C[C@@H]1OC(C)=O. The molecular formula is C8H14O4S2. The van der Waals surface area contributed by atoms with E-state index < -0.39 is 21.9 Å². The van der Waals surface area contributed by atoms with Crippen LogP contribution in [-0.4, -0.2) is 43.0 Å². The van der Waals surface area contributed by atoms with Crippen molar-refractivity contribution in [2.24, 2.45) is 0 Å². The van der Waals surface area contributed by atoms with Gasteiger partial charge in [-0.25, -0.2) is 8.42 Å². The average Bonchev–Trinajstić information content (AvgIpc) is 2.25. The summed E-state index contributed by atoms with van der Waals surface area (Å²) in [4.78, 5) is 10.7. The van der Waals surface area contributed by atoms with Crippen LogP contribution in [-0.2, 0) is 19.4 Å². The zero-order chi connectivity index (χ0) is 10.8. The minimum absolute atomic E-state index is 0.0236. The van der Waals surface area contributed by atoms with Crippen LogP contribution in [0, 0.1) is 0 Å². The van der Waals surface area contributed by atoms with Crippen LogP contribution >= 0.6 is 11.8 Å². The largest absolute Gasteiger partial charge is 0.460 e. The van der Waals surface area contributed by atoms with Crippen molar-refractivity contribution in [3.05, 3.63) is 0 Å². The van der Waals surface area contributed by atoms with Crippen LogP contribution in [0.4, 0.5) is 0 Å². The van der Waals surface area contributed by atoms with Gasteiger partial charge >= 0.3 is 5.97 Å². The van der Waals surface area contributed by atoms with Crippen molar-refractivity contribution in [1.82, 2.24) is 0 Å². The standard InChI is InChI=1S/C8H14O4S2/c1-3-13-8-5-14(10,11)4-7(8)12-6(2)9/h7-8H,3-5H2,1-2H3/t7-,8+/m0/s1. The number of rotatable bonds is 3. The maximum absolute atomic E-state index is 11.3. The number of ether oxygens (including phenoxy) is 1. The molecule has 0 unspecified atom stereocenters. The molecule has 1 saturated heterocycles. The van der Waals surface area contributed by atoms with Crippen LogP contribution < -0.4 is 0 Å². The smallest absolute Gasteiger partial charge is 0.302 e. The quantitative estimate of drug-likeness (QED) is 0.669. The second kappa shape index (κ2) is 4.53. The Balaban J connectivity index is 2.67. The lowest BCUT2D eigenvalue weighted by Crippen LogP contribution is -2.26. The van der Waals surface area contributed by atoms with Gasteiger partial charge in [-0.3, -0.25) is 4.79 Å². The fourth-order valence-electron chi connectivity index (χ4n) is 1.48. The first-order chi connectivity index (χ1) is 6.44. The van der Waals surface area contributed by atoms with Gasteiger partial charge in [0.05, 0.1) is 16.8 Å². The molecule has 1 heterocycles. The van der Waals surface area contributed by atoms with Crippen LogP contribution in [0.2, 0.25) is 0 Å². The van der Waals surface area contributed by atoms with Crippen LogP contribution in [0.5, 0.6) is 0 Å². The highest BCUT2D eigenvalue weighted by atomic mass is 32.2. The lowest BCUT2D eigenvalue weighted by molar-refractivity contribution is -0.144. The number of carbonyl (C=O) groups is 1. The third-order valence-electron chi connectivity index (χ3n) is 1.95. The second-order valence-corrected chi connectivity index (χ2v) is 6.89. The Hall–Kier alpha value is -0.230. The van der Waals surface area contributed by atoms with Gasteiger partial charge in [-0.15, -0.1) is 0 Å². The molecule has 0 amide bonds. The fourth-order valence-corrected chi connectivity index (χ4v) is 5.05. The summed E-state index contributed by atoms with van der Waals surface area (Å²) in [5, 5.41) is -0.0890. The van der Waals surface area contributed by atoms with Crippen LogP contribution in [0.1, 0.15) is 13.8 Å². The maximum Gasteiger partial charge on any atom is 0.302 e. The van der Waals surface area contributed by atoms with Gasteiger partial charge < -0.3 is 4.74 Å². The Bertz CT molecular complexity index is 309. The van der Waals surface area contributed by atoms with E-state index in [0.29, 0.717) is 0 Å². The zero-order valence-electron chi connectivity index (χ0n) is 8.23. The predicted octanol–water partition coefficient (Wildman–Crippen LogP) is 0.468. The Morgan fingerprint density at radius 1 is 1.50 bits per heavy atom. The van der Waals surface area contributed by atoms with Gasteiger partial charge in [0, 0.05) is 6.92 Å². The molecule has 0 aromatic rings. The molecule has 1 aliphatic heterocycles. The van der Waals surface area contributed by atoms with Crippen molar-refractivity contribution in [3.63, 3.8) is 0 Å². The van der Waals surface area contributed by atoms with E-state index in [0.717, 1.165) is 5.75 Å². The molecule has 0 saturated carbocycles. The van der Waals surface area contributed by atoms with Gasteiger partial charge in [0.1, 0.15) is 6.10 Å². The highest BCUT2D eigenvalue weighted by Gasteiger charge is 2.39. The van der Waals surface area contributed by atoms with E-state index in [4.69, 9.17) is 4.74 Å². The summed E-state index contributed by atoms with van der Waals surface area (Å²) < 4.78 is 27.6. The number of hydrogen-bond acceptors (Lipinski definition) is 5. The molecule has 1 fully saturated rings. The lowest BCUT2D eigenvalue weighted by atomic mass is 10.3. The zero-order valence-corrected chi connectivity index (χ0v) is 9.86. The van der Waals surface area contributed by atoms with Crippen molar-refractivity contribution >= 4 is 27.6 Å². The highest BCUT2D eigenvalue weighted by Crippen LogP contribution is 2.26.